The maximum atomic E-state index is 11.9. The van der Waals surface area contributed by atoms with Crippen LogP contribution in [0.4, 0.5) is 18.9 Å². The second-order valence-electron chi connectivity index (χ2n) is 4.76. The Hall–Kier alpha value is -1.57. The minimum Gasteiger partial charge on any atom is -0.370 e. The highest BCUT2D eigenvalue weighted by molar-refractivity contribution is 5.43. The van der Waals surface area contributed by atoms with E-state index in [9.17, 15) is 18.0 Å². The minimum atomic E-state index is -4.24. The highest BCUT2D eigenvalue weighted by atomic mass is 19.4. The third-order valence-corrected chi connectivity index (χ3v) is 3.15. The largest absolute Gasteiger partial charge is 0.401 e. The number of nitrogens with zero attached hydrogens (tertiary/aromatic N) is 3. The fourth-order valence-corrected chi connectivity index (χ4v) is 2.16. The van der Waals surface area contributed by atoms with E-state index in [2.05, 4.69) is 15.3 Å². The van der Waals surface area contributed by atoms with Crippen LogP contribution in [0, 0.1) is 0 Å². The number of anilines is 1. The van der Waals surface area contributed by atoms with Crippen LogP contribution >= 0.6 is 0 Å². The number of aromatic nitrogens is 2. The van der Waals surface area contributed by atoms with Crippen molar-refractivity contribution in [2.75, 3.05) is 31.1 Å². The Morgan fingerprint density at radius 3 is 2.60 bits per heavy atom. The second-order valence-corrected chi connectivity index (χ2v) is 4.76. The van der Waals surface area contributed by atoms with Gasteiger partial charge in [0.2, 0.25) is 0 Å². The number of alkyl halides is 3. The van der Waals surface area contributed by atoms with Crippen molar-refractivity contribution in [3.63, 3.8) is 0 Å². The van der Waals surface area contributed by atoms with Crippen LogP contribution in [0.3, 0.4) is 0 Å². The van der Waals surface area contributed by atoms with Crippen LogP contribution in [0.2, 0.25) is 0 Å². The normalized spacial score (nSPS) is 15.8. The number of nitrogens with one attached hydrogen (secondary N) is 1. The van der Waals surface area contributed by atoms with Crippen molar-refractivity contribution in [2.24, 2.45) is 0 Å². The zero-order valence-corrected chi connectivity index (χ0v) is 11.0. The van der Waals surface area contributed by atoms with Crippen molar-refractivity contribution in [1.82, 2.24) is 15.1 Å². The summed E-state index contributed by atoms with van der Waals surface area (Å²) in [5, 5.41) is 6.23. The first-order valence-electron chi connectivity index (χ1n) is 6.55. The van der Waals surface area contributed by atoms with Crippen molar-refractivity contribution in [1.29, 1.82) is 0 Å². The van der Waals surface area contributed by atoms with Gasteiger partial charge in [-0.05, 0) is 12.8 Å². The molecule has 2 heterocycles. The Balaban J connectivity index is 1.88. The third kappa shape index (κ3) is 4.22. The lowest BCUT2D eigenvalue weighted by Gasteiger charge is -2.17. The van der Waals surface area contributed by atoms with Gasteiger partial charge in [-0.2, -0.15) is 18.3 Å². The maximum absolute atomic E-state index is 11.9. The zero-order valence-electron chi connectivity index (χ0n) is 11.0. The van der Waals surface area contributed by atoms with Gasteiger partial charge in [-0.25, -0.2) is 4.68 Å². The summed E-state index contributed by atoms with van der Waals surface area (Å²) in [6.07, 6.45) is -0.441. The number of hydrogen-bond acceptors (Lipinski definition) is 4. The van der Waals surface area contributed by atoms with Gasteiger partial charge in [0.15, 0.2) is 0 Å². The predicted molar refractivity (Wildman–Crippen MR) is 68.9 cm³/mol. The molecule has 0 aromatic carbocycles. The molecular weight excluding hydrogens is 273 g/mol. The summed E-state index contributed by atoms with van der Waals surface area (Å²) >= 11 is 0. The van der Waals surface area contributed by atoms with Crippen molar-refractivity contribution in [2.45, 2.75) is 25.6 Å². The zero-order chi connectivity index (χ0) is 14.6. The summed E-state index contributed by atoms with van der Waals surface area (Å²) in [5.74, 6) is 0. The summed E-state index contributed by atoms with van der Waals surface area (Å²) in [6.45, 7) is 0.939. The lowest BCUT2D eigenvalue weighted by atomic mass is 10.4. The minimum absolute atomic E-state index is 0.0511. The molecule has 0 aliphatic carbocycles. The molecule has 0 spiro atoms. The fraction of sp³-hybridized carbons (Fsp3) is 0.667. The summed E-state index contributed by atoms with van der Waals surface area (Å²) in [7, 11) is 0. The summed E-state index contributed by atoms with van der Waals surface area (Å²) in [6, 6.07) is 1.49. The highest BCUT2D eigenvalue weighted by Gasteiger charge is 2.25. The molecule has 0 atom stereocenters. The van der Waals surface area contributed by atoms with E-state index in [0.717, 1.165) is 31.6 Å². The molecule has 1 aliphatic heterocycles. The van der Waals surface area contributed by atoms with E-state index in [4.69, 9.17) is 0 Å². The van der Waals surface area contributed by atoms with Gasteiger partial charge in [0.25, 0.3) is 5.56 Å². The van der Waals surface area contributed by atoms with E-state index >= 15 is 0 Å². The molecular formula is C12H17F3N4O. The second kappa shape index (κ2) is 6.25. The molecule has 0 amide bonds. The van der Waals surface area contributed by atoms with Crippen LogP contribution in [0.5, 0.6) is 0 Å². The van der Waals surface area contributed by atoms with Gasteiger partial charge in [-0.15, -0.1) is 0 Å². The molecule has 1 N–H and O–H groups in total. The molecule has 20 heavy (non-hydrogen) atoms. The Morgan fingerprint density at radius 2 is 2.00 bits per heavy atom. The van der Waals surface area contributed by atoms with Crippen molar-refractivity contribution in [3.05, 3.63) is 22.6 Å². The number of hydrogen-bond donors (Lipinski definition) is 1. The van der Waals surface area contributed by atoms with Crippen LogP contribution < -0.4 is 15.8 Å². The molecule has 5 nitrogen and oxygen atoms in total. The summed E-state index contributed by atoms with van der Waals surface area (Å²) < 4.78 is 37.0. The van der Waals surface area contributed by atoms with Crippen LogP contribution in [-0.2, 0) is 6.54 Å². The topological polar surface area (TPSA) is 50.2 Å². The lowest BCUT2D eigenvalue weighted by molar-refractivity contribution is -0.124. The fourth-order valence-electron chi connectivity index (χ4n) is 2.16. The predicted octanol–water partition coefficient (Wildman–Crippen LogP) is 0.995. The van der Waals surface area contributed by atoms with Gasteiger partial charge >= 0.3 is 6.18 Å². The Labute approximate surface area is 114 Å². The number of rotatable bonds is 5. The first-order valence-corrected chi connectivity index (χ1v) is 6.55. The molecule has 1 fully saturated rings. The van der Waals surface area contributed by atoms with E-state index < -0.39 is 12.7 Å². The quantitative estimate of drug-likeness (QED) is 0.822. The first kappa shape index (κ1) is 14.8. The average molecular weight is 290 g/mol. The Morgan fingerprint density at radius 1 is 1.30 bits per heavy atom. The van der Waals surface area contributed by atoms with E-state index in [1.165, 1.54) is 10.7 Å². The molecule has 8 heteroatoms. The Kier molecular flexibility index (Phi) is 4.64. The van der Waals surface area contributed by atoms with Crippen molar-refractivity contribution < 1.29 is 13.2 Å². The van der Waals surface area contributed by atoms with Gasteiger partial charge in [0.05, 0.1) is 25.0 Å². The monoisotopic (exact) mass is 290 g/mol. The smallest absolute Gasteiger partial charge is 0.370 e. The number of halogens is 3. The van der Waals surface area contributed by atoms with Gasteiger partial charge in [-0.3, -0.25) is 4.79 Å². The van der Waals surface area contributed by atoms with Gasteiger partial charge in [-0.1, -0.05) is 0 Å². The molecule has 1 aromatic heterocycles. The summed E-state index contributed by atoms with van der Waals surface area (Å²) in [5.41, 5.74) is 0.496. The highest BCUT2D eigenvalue weighted by Crippen LogP contribution is 2.16. The molecule has 0 unspecified atom stereocenters. The van der Waals surface area contributed by atoms with E-state index in [0.29, 0.717) is 0 Å². The van der Waals surface area contributed by atoms with Gasteiger partial charge in [0.1, 0.15) is 0 Å². The van der Waals surface area contributed by atoms with Crippen LogP contribution in [-0.4, -0.2) is 42.1 Å². The van der Waals surface area contributed by atoms with Gasteiger partial charge < -0.3 is 10.2 Å². The first-order chi connectivity index (χ1) is 9.46. The van der Waals surface area contributed by atoms with E-state index in [1.54, 1.807) is 6.20 Å². The average Bonchev–Trinajstić information content (AvgIpc) is 2.88. The molecule has 1 saturated heterocycles. The molecule has 112 valence electrons. The molecule has 0 bridgehead atoms. The molecule has 2 rings (SSSR count). The Bertz CT molecular complexity index is 494. The van der Waals surface area contributed by atoms with Crippen LogP contribution in [0.1, 0.15) is 12.8 Å². The van der Waals surface area contributed by atoms with E-state index in [1.807, 2.05) is 0 Å². The lowest BCUT2D eigenvalue weighted by Crippen LogP contribution is -2.34. The maximum Gasteiger partial charge on any atom is 0.401 e. The molecule has 0 radical (unpaired) electrons. The summed E-state index contributed by atoms with van der Waals surface area (Å²) in [4.78, 5) is 13.9. The van der Waals surface area contributed by atoms with Crippen molar-refractivity contribution >= 4 is 5.69 Å². The molecule has 1 aromatic rings. The standard InChI is InChI=1S/C12H17F3N4O/c13-12(14,15)9-16-3-6-19-11(20)7-10(8-17-19)18-4-1-2-5-18/h7-8,16H,1-6,9H2. The third-order valence-electron chi connectivity index (χ3n) is 3.15. The van der Waals surface area contributed by atoms with E-state index in [-0.39, 0.29) is 18.6 Å². The molecule has 1 aliphatic rings. The SMILES string of the molecule is O=c1cc(N2CCCC2)cnn1CCNCC(F)(F)F. The molecule has 0 saturated carbocycles. The van der Waals surface area contributed by atoms with Crippen LogP contribution in [0.25, 0.3) is 0 Å². The van der Waals surface area contributed by atoms with Crippen LogP contribution in [0.15, 0.2) is 17.1 Å². The van der Waals surface area contributed by atoms with Crippen molar-refractivity contribution in [3.8, 4) is 0 Å². The van der Waals surface area contributed by atoms with Gasteiger partial charge in [0, 0.05) is 25.7 Å².